The number of aromatic amines is 1. The number of nitrogens with zero attached hydrogens (tertiary/aromatic N) is 3. The summed E-state index contributed by atoms with van der Waals surface area (Å²) in [4.78, 5) is 18.0. The van der Waals surface area contributed by atoms with Crippen molar-refractivity contribution in [2.24, 2.45) is 11.1 Å². The molecule has 2 heterocycles. The highest BCUT2D eigenvalue weighted by Crippen LogP contribution is 2.28. The first kappa shape index (κ1) is 15.6. The van der Waals surface area contributed by atoms with Gasteiger partial charge in [0.25, 0.3) is 0 Å². The summed E-state index contributed by atoms with van der Waals surface area (Å²) in [5, 5.41) is 11.9. The van der Waals surface area contributed by atoms with Crippen molar-refractivity contribution in [1.29, 1.82) is 0 Å². The lowest BCUT2D eigenvalue weighted by molar-refractivity contribution is -0.117. The van der Waals surface area contributed by atoms with Gasteiger partial charge in [-0.05, 0) is 19.1 Å². The smallest absolute Gasteiger partial charge is 0.227 e. The molecule has 9 heteroatoms. The van der Waals surface area contributed by atoms with Gasteiger partial charge in [0.15, 0.2) is 5.82 Å². The SMILES string of the molecule is Cc1nc(-c2cccc(N3CC(CS(N)(=O)=O)CC3=O)c2)n[nH]1. The van der Waals surface area contributed by atoms with Crippen LogP contribution >= 0.6 is 0 Å². The molecule has 0 radical (unpaired) electrons. The topological polar surface area (TPSA) is 122 Å². The predicted octanol–water partition coefficient (Wildman–Crippen LogP) is 0.422. The number of benzene rings is 1. The molecule has 0 saturated carbocycles. The first-order valence-corrected chi connectivity index (χ1v) is 8.83. The second kappa shape index (κ2) is 5.74. The van der Waals surface area contributed by atoms with Gasteiger partial charge in [0.2, 0.25) is 15.9 Å². The van der Waals surface area contributed by atoms with E-state index in [0.29, 0.717) is 23.9 Å². The summed E-state index contributed by atoms with van der Waals surface area (Å²) in [6.07, 6.45) is 0.181. The molecule has 1 aromatic heterocycles. The number of rotatable bonds is 4. The lowest BCUT2D eigenvalue weighted by atomic mass is 10.1. The summed E-state index contributed by atoms with van der Waals surface area (Å²) in [5.41, 5.74) is 1.49. The van der Waals surface area contributed by atoms with Gasteiger partial charge in [-0.2, -0.15) is 5.10 Å². The van der Waals surface area contributed by atoms with Crippen LogP contribution in [0.15, 0.2) is 24.3 Å². The van der Waals surface area contributed by atoms with E-state index in [-0.39, 0.29) is 24.0 Å². The molecule has 1 aliphatic heterocycles. The molecule has 1 fully saturated rings. The Bertz CT molecular complexity index is 846. The minimum absolute atomic E-state index is 0.109. The maximum atomic E-state index is 12.2. The van der Waals surface area contributed by atoms with E-state index >= 15 is 0 Å². The average molecular weight is 335 g/mol. The van der Waals surface area contributed by atoms with Crippen LogP contribution in [0.1, 0.15) is 12.2 Å². The molecule has 1 atom stereocenters. The molecular formula is C14H17N5O3S. The van der Waals surface area contributed by atoms with Crippen molar-refractivity contribution in [2.75, 3.05) is 17.2 Å². The molecule has 1 saturated heterocycles. The minimum Gasteiger partial charge on any atom is -0.312 e. The second-order valence-electron chi connectivity index (χ2n) is 5.70. The third-order valence-electron chi connectivity index (χ3n) is 3.69. The third-order valence-corrected chi connectivity index (χ3v) is 4.62. The van der Waals surface area contributed by atoms with Crippen LogP contribution in [0, 0.1) is 12.8 Å². The van der Waals surface area contributed by atoms with E-state index in [0.717, 1.165) is 5.56 Å². The van der Waals surface area contributed by atoms with Crippen LogP contribution in [0.4, 0.5) is 5.69 Å². The summed E-state index contributed by atoms with van der Waals surface area (Å²) in [6.45, 7) is 2.15. The standard InChI is InChI=1S/C14H17N5O3S/c1-9-16-14(18-17-9)11-3-2-4-12(6-11)19-7-10(5-13(19)20)8-23(15,21)22/h2-4,6,10H,5,7-8H2,1H3,(H2,15,21,22)(H,16,17,18). The molecule has 3 rings (SSSR count). The molecule has 1 aromatic carbocycles. The Labute approximate surface area is 133 Å². The zero-order valence-corrected chi connectivity index (χ0v) is 13.4. The molecule has 0 aliphatic carbocycles. The Morgan fingerprint density at radius 2 is 2.22 bits per heavy atom. The lowest BCUT2D eigenvalue weighted by Crippen LogP contribution is -2.27. The highest BCUT2D eigenvalue weighted by atomic mass is 32.2. The maximum absolute atomic E-state index is 12.2. The van der Waals surface area contributed by atoms with Crippen molar-refractivity contribution in [3.63, 3.8) is 0 Å². The summed E-state index contributed by atoms with van der Waals surface area (Å²) in [6, 6.07) is 7.30. The van der Waals surface area contributed by atoms with E-state index in [1.165, 1.54) is 0 Å². The first-order valence-electron chi connectivity index (χ1n) is 7.12. The molecule has 23 heavy (non-hydrogen) atoms. The highest BCUT2D eigenvalue weighted by molar-refractivity contribution is 7.89. The highest BCUT2D eigenvalue weighted by Gasteiger charge is 2.32. The van der Waals surface area contributed by atoms with Crippen molar-refractivity contribution in [1.82, 2.24) is 15.2 Å². The Morgan fingerprint density at radius 3 is 2.87 bits per heavy atom. The van der Waals surface area contributed by atoms with Gasteiger partial charge in [-0.3, -0.25) is 9.89 Å². The number of carbonyl (C=O) groups excluding carboxylic acids is 1. The van der Waals surface area contributed by atoms with Crippen molar-refractivity contribution in [3.8, 4) is 11.4 Å². The van der Waals surface area contributed by atoms with Gasteiger partial charge in [0, 0.05) is 30.1 Å². The van der Waals surface area contributed by atoms with Crippen molar-refractivity contribution in [2.45, 2.75) is 13.3 Å². The average Bonchev–Trinajstić information content (AvgIpc) is 3.03. The molecule has 0 spiro atoms. The summed E-state index contributed by atoms with van der Waals surface area (Å²) >= 11 is 0. The fraction of sp³-hybridized carbons (Fsp3) is 0.357. The van der Waals surface area contributed by atoms with Gasteiger partial charge in [-0.25, -0.2) is 18.5 Å². The van der Waals surface area contributed by atoms with Crippen LogP contribution in [0.5, 0.6) is 0 Å². The van der Waals surface area contributed by atoms with E-state index in [4.69, 9.17) is 5.14 Å². The molecule has 1 amide bonds. The number of hydrogen-bond acceptors (Lipinski definition) is 5. The van der Waals surface area contributed by atoms with Gasteiger partial charge in [-0.1, -0.05) is 12.1 Å². The molecular weight excluding hydrogens is 318 g/mol. The van der Waals surface area contributed by atoms with Gasteiger partial charge in [0.1, 0.15) is 5.82 Å². The Kier molecular flexibility index (Phi) is 3.90. The Balaban J connectivity index is 1.83. The number of amides is 1. The molecule has 1 aliphatic rings. The number of nitrogens with one attached hydrogen (secondary N) is 1. The van der Waals surface area contributed by atoms with Gasteiger partial charge < -0.3 is 4.90 Å². The molecule has 8 nitrogen and oxygen atoms in total. The van der Waals surface area contributed by atoms with Crippen LogP contribution in [-0.2, 0) is 14.8 Å². The number of aromatic nitrogens is 3. The number of aryl methyl sites for hydroxylation is 1. The van der Waals surface area contributed by atoms with Crippen LogP contribution in [0.3, 0.4) is 0 Å². The molecule has 2 aromatic rings. The van der Waals surface area contributed by atoms with Crippen LogP contribution in [0.2, 0.25) is 0 Å². The van der Waals surface area contributed by atoms with Gasteiger partial charge >= 0.3 is 0 Å². The van der Waals surface area contributed by atoms with E-state index in [1.54, 1.807) is 11.0 Å². The molecule has 3 N–H and O–H groups in total. The van der Waals surface area contributed by atoms with E-state index in [2.05, 4.69) is 15.2 Å². The minimum atomic E-state index is -3.59. The van der Waals surface area contributed by atoms with E-state index < -0.39 is 10.0 Å². The third kappa shape index (κ3) is 3.57. The summed E-state index contributed by atoms with van der Waals surface area (Å²) in [7, 11) is -3.59. The number of anilines is 1. The maximum Gasteiger partial charge on any atom is 0.227 e. The summed E-state index contributed by atoms with van der Waals surface area (Å²) in [5.74, 6) is 0.677. The number of hydrogen-bond donors (Lipinski definition) is 2. The monoisotopic (exact) mass is 335 g/mol. The van der Waals surface area contributed by atoms with Crippen LogP contribution in [-0.4, -0.2) is 41.8 Å². The number of sulfonamides is 1. The predicted molar refractivity (Wildman–Crippen MR) is 85.0 cm³/mol. The largest absolute Gasteiger partial charge is 0.312 e. The van der Waals surface area contributed by atoms with Gasteiger partial charge in [-0.15, -0.1) is 0 Å². The lowest BCUT2D eigenvalue weighted by Gasteiger charge is -2.17. The number of H-pyrrole nitrogens is 1. The Morgan fingerprint density at radius 1 is 1.43 bits per heavy atom. The quantitative estimate of drug-likeness (QED) is 0.838. The van der Waals surface area contributed by atoms with Crippen LogP contribution < -0.4 is 10.0 Å². The Hall–Kier alpha value is -2.26. The molecule has 1 unspecified atom stereocenters. The fourth-order valence-electron chi connectivity index (χ4n) is 2.76. The van der Waals surface area contributed by atoms with E-state index in [9.17, 15) is 13.2 Å². The zero-order valence-electron chi connectivity index (χ0n) is 12.6. The van der Waals surface area contributed by atoms with Crippen molar-refractivity contribution < 1.29 is 13.2 Å². The van der Waals surface area contributed by atoms with Crippen LogP contribution in [0.25, 0.3) is 11.4 Å². The van der Waals surface area contributed by atoms with Crippen molar-refractivity contribution >= 4 is 21.6 Å². The number of carbonyl (C=O) groups is 1. The number of nitrogens with two attached hydrogens (primary N) is 1. The number of primary sulfonamides is 1. The normalized spacial score (nSPS) is 18.6. The zero-order chi connectivity index (χ0) is 16.6. The van der Waals surface area contributed by atoms with E-state index in [1.807, 2.05) is 25.1 Å². The first-order chi connectivity index (χ1) is 10.8. The van der Waals surface area contributed by atoms with Crippen molar-refractivity contribution in [3.05, 3.63) is 30.1 Å². The second-order valence-corrected chi connectivity index (χ2v) is 7.36. The fourth-order valence-corrected chi connectivity index (χ4v) is 3.64. The molecule has 0 bridgehead atoms. The molecule has 122 valence electrons. The summed E-state index contributed by atoms with van der Waals surface area (Å²) < 4.78 is 22.4. The van der Waals surface area contributed by atoms with Gasteiger partial charge in [0.05, 0.1) is 5.75 Å².